The Bertz CT molecular complexity index is 3040. The van der Waals surface area contributed by atoms with Crippen molar-refractivity contribution in [1.29, 1.82) is 0 Å². The molecule has 0 radical (unpaired) electrons. The van der Waals surface area contributed by atoms with Crippen LogP contribution in [0.4, 0.5) is 0 Å². The summed E-state index contributed by atoms with van der Waals surface area (Å²) in [5.74, 6) is 1.25. The smallest absolute Gasteiger partial charge is 0.164 e. The summed E-state index contributed by atoms with van der Waals surface area (Å²) in [7, 11) is 0. The molecule has 3 heteroatoms. The fourth-order valence-electron chi connectivity index (χ4n) is 6.27. The molecule has 0 saturated heterocycles. The van der Waals surface area contributed by atoms with E-state index in [2.05, 4.69) is 42.5 Å². The maximum absolute atomic E-state index is 8.93. The molecule has 1 heterocycles. The molecule has 0 amide bonds. The molecule has 0 aliphatic carbocycles. The van der Waals surface area contributed by atoms with Gasteiger partial charge in [-0.1, -0.05) is 164 Å². The molecule has 234 valence electrons. The lowest BCUT2D eigenvalue weighted by Gasteiger charge is -2.12. The van der Waals surface area contributed by atoms with Gasteiger partial charge in [-0.15, -0.1) is 0 Å². The fourth-order valence-corrected chi connectivity index (χ4v) is 6.27. The first-order chi connectivity index (χ1) is 27.7. The summed E-state index contributed by atoms with van der Waals surface area (Å²) in [5.41, 5.74) is 7.01. The first-order valence-corrected chi connectivity index (χ1v) is 16.3. The number of fused-ring (bicyclic) bond motifs is 2. The van der Waals surface area contributed by atoms with Crippen LogP contribution in [0.25, 0.3) is 89.1 Å². The van der Waals surface area contributed by atoms with Crippen molar-refractivity contribution in [2.75, 3.05) is 0 Å². The van der Waals surface area contributed by atoms with Gasteiger partial charge in [-0.3, -0.25) is 0 Å². The minimum absolute atomic E-state index is 0.0190. The zero-order chi connectivity index (χ0) is 39.4. The summed E-state index contributed by atoms with van der Waals surface area (Å²) in [6.45, 7) is 0. The Labute approximate surface area is 301 Å². The van der Waals surface area contributed by atoms with E-state index in [1.54, 1.807) is 18.2 Å². The molecule has 0 fully saturated rings. The number of benzene rings is 8. The maximum Gasteiger partial charge on any atom is 0.164 e. The maximum atomic E-state index is 8.93. The molecule has 8 aromatic carbocycles. The Morgan fingerprint density at radius 3 is 1.44 bits per heavy atom. The van der Waals surface area contributed by atoms with E-state index in [1.165, 1.54) is 0 Å². The predicted octanol–water partition coefficient (Wildman–Crippen LogP) is 12.2. The van der Waals surface area contributed by atoms with Gasteiger partial charge >= 0.3 is 0 Å². The summed E-state index contributed by atoms with van der Waals surface area (Å²) in [6, 6.07) is 45.0. The Balaban J connectivity index is 1.23. The van der Waals surface area contributed by atoms with E-state index in [1.807, 2.05) is 84.9 Å². The predicted molar refractivity (Wildman–Crippen MR) is 207 cm³/mol. The van der Waals surface area contributed by atoms with Gasteiger partial charge < -0.3 is 0 Å². The lowest BCUT2D eigenvalue weighted by molar-refractivity contribution is 1.07. The summed E-state index contributed by atoms with van der Waals surface area (Å²) in [5, 5.41) is 2.01. The van der Waals surface area contributed by atoms with Gasteiger partial charge in [0.1, 0.15) is 0 Å². The Morgan fingerprint density at radius 1 is 0.320 bits per heavy atom. The van der Waals surface area contributed by atoms with Crippen LogP contribution < -0.4 is 0 Å². The van der Waals surface area contributed by atoms with Crippen molar-refractivity contribution in [2.45, 2.75) is 0 Å². The van der Waals surface area contributed by atoms with Gasteiger partial charge in [0.25, 0.3) is 0 Å². The third-order valence-corrected chi connectivity index (χ3v) is 8.79. The molecule has 0 unspecified atom stereocenters. The van der Waals surface area contributed by atoms with Crippen LogP contribution in [0.5, 0.6) is 0 Å². The molecule has 0 atom stereocenters. The van der Waals surface area contributed by atoms with Crippen LogP contribution in [0.3, 0.4) is 0 Å². The molecule has 0 aliphatic rings. The van der Waals surface area contributed by atoms with Gasteiger partial charge in [0.15, 0.2) is 17.5 Å². The molecule has 0 aliphatic heterocycles. The fraction of sp³-hybridized carbons (Fsp3) is 0. The molecule has 9 rings (SSSR count). The average Bonchev–Trinajstić information content (AvgIpc) is 3.26. The molecule has 1 aromatic heterocycles. The second-order valence-corrected chi connectivity index (χ2v) is 12.0. The van der Waals surface area contributed by atoms with Crippen LogP contribution >= 0.6 is 0 Å². The normalized spacial score (nSPS) is 13.2. The summed E-state index contributed by atoms with van der Waals surface area (Å²) < 4.78 is 60.1. The standard InChI is InChI=1S/C47H31N3/c1-3-12-32(13-4-1)35-18-9-20-40(29-35)45-48-46(41-21-10-19-39(31-41)44-23-11-17-34-16-7-8-22-43(34)44)50-47(49-45)42-27-26-37-28-36(24-25-38(37)30-42)33-14-5-2-6-15-33/h1-31H/i7D,8D,11D,16D,17D,22D,23D. The van der Waals surface area contributed by atoms with Crippen LogP contribution in [0, 0.1) is 0 Å². The topological polar surface area (TPSA) is 38.7 Å². The van der Waals surface area contributed by atoms with Gasteiger partial charge in [-0.25, -0.2) is 15.0 Å². The monoisotopic (exact) mass is 644 g/mol. The van der Waals surface area contributed by atoms with Crippen molar-refractivity contribution in [3.05, 3.63) is 188 Å². The Kier molecular flexibility index (Phi) is 5.80. The van der Waals surface area contributed by atoms with E-state index in [0.717, 1.165) is 44.2 Å². The van der Waals surface area contributed by atoms with Gasteiger partial charge in [0.05, 0.1) is 9.60 Å². The van der Waals surface area contributed by atoms with Gasteiger partial charge in [0.2, 0.25) is 0 Å². The van der Waals surface area contributed by atoms with Crippen molar-refractivity contribution in [1.82, 2.24) is 15.0 Å². The Morgan fingerprint density at radius 2 is 0.780 bits per heavy atom. The summed E-state index contributed by atoms with van der Waals surface area (Å²) in [4.78, 5) is 15.0. The van der Waals surface area contributed by atoms with E-state index in [-0.39, 0.29) is 28.4 Å². The molecular formula is C47H31N3. The number of rotatable bonds is 6. The Hall–Kier alpha value is -6.71. The third kappa shape index (κ3) is 5.72. The molecule has 0 spiro atoms. The summed E-state index contributed by atoms with van der Waals surface area (Å²) >= 11 is 0. The highest BCUT2D eigenvalue weighted by atomic mass is 15.0. The number of hydrogen-bond acceptors (Lipinski definition) is 3. The van der Waals surface area contributed by atoms with E-state index in [9.17, 15) is 0 Å². The van der Waals surface area contributed by atoms with Crippen molar-refractivity contribution < 1.29 is 9.60 Å². The van der Waals surface area contributed by atoms with Gasteiger partial charge in [0, 0.05) is 16.7 Å². The highest BCUT2D eigenvalue weighted by Gasteiger charge is 2.15. The van der Waals surface area contributed by atoms with Crippen molar-refractivity contribution >= 4 is 21.5 Å². The number of nitrogens with zero attached hydrogens (tertiary/aromatic N) is 3. The van der Waals surface area contributed by atoms with Crippen LogP contribution in [-0.4, -0.2) is 15.0 Å². The van der Waals surface area contributed by atoms with Gasteiger partial charge in [-0.05, 0) is 79.2 Å². The second kappa shape index (κ2) is 12.7. The third-order valence-electron chi connectivity index (χ3n) is 8.79. The van der Waals surface area contributed by atoms with Crippen LogP contribution in [0.15, 0.2) is 188 Å². The molecule has 0 bridgehead atoms. The molecule has 0 saturated carbocycles. The average molecular weight is 645 g/mol. The highest BCUT2D eigenvalue weighted by molar-refractivity contribution is 5.97. The van der Waals surface area contributed by atoms with Crippen molar-refractivity contribution in [3.8, 4) is 67.5 Å². The molecule has 9 aromatic rings. The SMILES string of the molecule is [2H]c1c([2H])c([2H])c2c(-c3cccc(-c4nc(-c5cccc(-c6ccccc6)c5)nc(-c5ccc6cc(-c7ccccc7)ccc6c5)n4)c3)c([2H])c([2H])c([2H])c2c1[2H]. The minimum atomic E-state index is -0.496. The van der Waals surface area contributed by atoms with Gasteiger partial charge in [-0.2, -0.15) is 0 Å². The number of hydrogen-bond donors (Lipinski definition) is 0. The molecule has 0 N–H and O–H groups in total. The second-order valence-electron chi connectivity index (χ2n) is 12.0. The van der Waals surface area contributed by atoms with E-state index in [0.29, 0.717) is 28.6 Å². The van der Waals surface area contributed by atoms with E-state index >= 15 is 0 Å². The molecular weight excluding hydrogens is 607 g/mol. The quantitative estimate of drug-likeness (QED) is 0.181. The minimum Gasteiger partial charge on any atom is -0.208 e. The van der Waals surface area contributed by atoms with Crippen molar-refractivity contribution in [3.63, 3.8) is 0 Å². The largest absolute Gasteiger partial charge is 0.208 e. The van der Waals surface area contributed by atoms with Crippen LogP contribution in [0.1, 0.15) is 9.60 Å². The van der Waals surface area contributed by atoms with Crippen LogP contribution in [0.2, 0.25) is 0 Å². The zero-order valence-corrected chi connectivity index (χ0v) is 26.7. The zero-order valence-electron chi connectivity index (χ0n) is 33.7. The van der Waals surface area contributed by atoms with Crippen LogP contribution in [-0.2, 0) is 0 Å². The first-order valence-electron chi connectivity index (χ1n) is 19.8. The first kappa shape index (κ1) is 22.8. The lowest BCUT2D eigenvalue weighted by Crippen LogP contribution is -2.00. The summed E-state index contributed by atoms with van der Waals surface area (Å²) in [6.07, 6.45) is 0. The number of aromatic nitrogens is 3. The van der Waals surface area contributed by atoms with E-state index in [4.69, 9.17) is 24.5 Å². The van der Waals surface area contributed by atoms with E-state index < -0.39 is 30.2 Å². The lowest BCUT2D eigenvalue weighted by atomic mass is 9.97. The molecule has 3 nitrogen and oxygen atoms in total. The highest BCUT2D eigenvalue weighted by Crippen LogP contribution is 2.34. The van der Waals surface area contributed by atoms with Crippen molar-refractivity contribution in [2.24, 2.45) is 0 Å². The molecule has 50 heavy (non-hydrogen) atoms.